The van der Waals surface area contributed by atoms with Crippen molar-refractivity contribution in [2.24, 2.45) is 0 Å². The number of hydrogen-bond donors (Lipinski definition) is 0. The number of carbonyl (C=O) groups is 2. The van der Waals surface area contributed by atoms with Gasteiger partial charge >= 0.3 is 5.97 Å². The van der Waals surface area contributed by atoms with E-state index in [2.05, 4.69) is 0 Å². The lowest BCUT2D eigenvalue weighted by atomic mass is 10.0. The van der Waals surface area contributed by atoms with E-state index in [-0.39, 0.29) is 17.1 Å². The van der Waals surface area contributed by atoms with Crippen molar-refractivity contribution in [3.8, 4) is 5.75 Å². The summed E-state index contributed by atoms with van der Waals surface area (Å²) >= 11 is 6.31. The molecule has 172 valence electrons. The van der Waals surface area contributed by atoms with Crippen LogP contribution in [-0.2, 0) is 20.9 Å². The summed E-state index contributed by atoms with van der Waals surface area (Å²) in [6, 6.07) is 22.6. The zero-order chi connectivity index (χ0) is 24.2. The van der Waals surface area contributed by atoms with Crippen molar-refractivity contribution < 1.29 is 19.1 Å². The fourth-order valence-electron chi connectivity index (χ4n) is 3.83. The molecule has 0 N–H and O–H groups in total. The van der Waals surface area contributed by atoms with Crippen LogP contribution in [0.15, 0.2) is 89.6 Å². The minimum absolute atomic E-state index is 0.210. The molecule has 0 unspecified atom stereocenters. The largest absolute Gasteiger partial charge is 0.488 e. The minimum atomic E-state index is -0.583. The van der Waals surface area contributed by atoms with Crippen molar-refractivity contribution in [1.82, 2.24) is 0 Å². The van der Waals surface area contributed by atoms with E-state index in [0.717, 1.165) is 11.1 Å². The number of aryl methyl sites for hydroxylation is 1. The van der Waals surface area contributed by atoms with Gasteiger partial charge in [-0.05, 0) is 49.2 Å². The second-order valence-corrected chi connectivity index (χ2v) is 8.30. The third kappa shape index (κ3) is 4.61. The highest BCUT2D eigenvalue weighted by atomic mass is 35.5. The Morgan fingerprint density at radius 3 is 2.41 bits per heavy atom. The van der Waals surface area contributed by atoms with E-state index in [1.807, 2.05) is 67.6 Å². The molecular formula is C28H24ClNO4. The lowest BCUT2D eigenvalue weighted by Crippen LogP contribution is -2.24. The Labute approximate surface area is 203 Å². The van der Waals surface area contributed by atoms with Gasteiger partial charge in [-0.15, -0.1) is 0 Å². The standard InChI is InChI=1S/C28H24ClNO4/c1-18-13-14-22(16-24(18)29)30-19(2)26(28(32)33-3)23(27(30)31)15-21-11-7-8-12-25(21)34-17-20-9-5-4-6-10-20/h4-16H,17H2,1-3H3/b23-15-. The number of ether oxygens (including phenoxy) is 2. The number of carbonyl (C=O) groups excluding carboxylic acids is 2. The van der Waals surface area contributed by atoms with E-state index in [1.54, 1.807) is 25.1 Å². The highest BCUT2D eigenvalue weighted by molar-refractivity contribution is 6.32. The Balaban J connectivity index is 1.74. The third-order valence-corrected chi connectivity index (χ3v) is 6.07. The Hall–Kier alpha value is -3.83. The maximum atomic E-state index is 13.6. The van der Waals surface area contributed by atoms with E-state index in [9.17, 15) is 9.59 Å². The number of amides is 1. The molecule has 4 rings (SSSR count). The second-order valence-electron chi connectivity index (χ2n) is 7.90. The molecule has 0 saturated heterocycles. The van der Waals surface area contributed by atoms with Crippen LogP contribution in [-0.4, -0.2) is 19.0 Å². The molecule has 34 heavy (non-hydrogen) atoms. The molecule has 5 nitrogen and oxygen atoms in total. The number of benzene rings is 3. The molecule has 0 aliphatic carbocycles. The normalized spacial score (nSPS) is 14.6. The van der Waals surface area contributed by atoms with Gasteiger partial charge in [-0.3, -0.25) is 9.69 Å². The van der Waals surface area contributed by atoms with Crippen LogP contribution in [0.3, 0.4) is 0 Å². The molecular weight excluding hydrogens is 450 g/mol. The SMILES string of the molecule is COC(=O)C1=C(C)N(c2ccc(C)c(Cl)c2)C(=O)/C1=C\c1ccccc1OCc1ccccc1. The molecule has 1 aliphatic heterocycles. The quantitative estimate of drug-likeness (QED) is 0.320. The summed E-state index contributed by atoms with van der Waals surface area (Å²) in [5, 5.41) is 0.537. The predicted molar refractivity (Wildman–Crippen MR) is 134 cm³/mol. The summed E-state index contributed by atoms with van der Waals surface area (Å²) in [4.78, 5) is 27.8. The first kappa shape index (κ1) is 23.3. The number of para-hydroxylation sites is 1. The first-order chi connectivity index (χ1) is 16.4. The Bertz CT molecular complexity index is 1310. The molecule has 3 aromatic rings. The highest BCUT2D eigenvalue weighted by Crippen LogP contribution is 2.37. The number of rotatable bonds is 6. The van der Waals surface area contributed by atoms with Crippen LogP contribution in [0.25, 0.3) is 6.08 Å². The van der Waals surface area contributed by atoms with E-state index < -0.39 is 5.97 Å². The second kappa shape index (κ2) is 9.98. The monoisotopic (exact) mass is 473 g/mol. The third-order valence-electron chi connectivity index (χ3n) is 5.66. The highest BCUT2D eigenvalue weighted by Gasteiger charge is 2.38. The van der Waals surface area contributed by atoms with Crippen LogP contribution in [0.4, 0.5) is 5.69 Å². The van der Waals surface area contributed by atoms with Crippen molar-refractivity contribution >= 4 is 35.2 Å². The molecule has 1 heterocycles. The summed E-state index contributed by atoms with van der Waals surface area (Å²) in [6.45, 7) is 3.98. The molecule has 0 saturated carbocycles. The Kier molecular flexibility index (Phi) is 6.85. The van der Waals surface area contributed by atoms with Crippen LogP contribution in [0.2, 0.25) is 5.02 Å². The molecule has 1 amide bonds. The van der Waals surface area contributed by atoms with Crippen LogP contribution in [0.1, 0.15) is 23.6 Å². The topological polar surface area (TPSA) is 55.8 Å². The van der Waals surface area contributed by atoms with Gasteiger partial charge in [0.1, 0.15) is 12.4 Å². The first-order valence-electron chi connectivity index (χ1n) is 10.8. The van der Waals surface area contributed by atoms with E-state index in [1.165, 1.54) is 12.0 Å². The summed E-state index contributed by atoms with van der Waals surface area (Å²) in [5.74, 6) is -0.318. The van der Waals surface area contributed by atoms with Crippen molar-refractivity contribution in [2.75, 3.05) is 12.0 Å². The number of anilines is 1. The van der Waals surface area contributed by atoms with E-state index in [4.69, 9.17) is 21.1 Å². The molecule has 0 spiro atoms. The molecule has 3 aromatic carbocycles. The van der Waals surface area contributed by atoms with E-state index >= 15 is 0 Å². The van der Waals surface area contributed by atoms with E-state index in [0.29, 0.717) is 34.3 Å². The zero-order valence-electron chi connectivity index (χ0n) is 19.2. The number of allylic oxidation sites excluding steroid dienone is 1. The molecule has 1 aliphatic rings. The number of hydrogen-bond acceptors (Lipinski definition) is 4. The van der Waals surface area contributed by atoms with Crippen molar-refractivity contribution in [3.63, 3.8) is 0 Å². The van der Waals surface area contributed by atoms with Crippen molar-refractivity contribution in [3.05, 3.63) is 111 Å². The van der Waals surface area contributed by atoms with Crippen LogP contribution < -0.4 is 9.64 Å². The molecule has 6 heteroatoms. The molecule has 0 radical (unpaired) electrons. The molecule has 0 fully saturated rings. The molecule has 0 atom stereocenters. The maximum absolute atomic E-state index is 13.6. The zero-order valence-corrected chi connectivity index (χ0v) is 19.9. The fraction of sp³-hybridized carbons (Fsp3) is 0.143. The maximum Gasteiger partial charge on any atom is 0.340 e. The minimum Gasteiger partial charge on any atom is -0.488 e. The van der Waals surface area contributed by atoms with Gasteiger partial charge in [0.25, 0.3) is 5.91 Å². The summed E-state index contributed by atoms with van der Waals surface area (Å²) < 4.78 is 11.0. The van der Waals surface area contributed by atoms with Gasteiger partial charge in [-0.2, -0.15) is 0 Å². The average molecular weight is 474 g/mol. The smallest absolute Gasteiger partial charge is 0.340 e. The van der Waals surface area contributed by atoms with Crippen LogP contribution in [0.5, 0.6) is 5.75 Å². The Morgan fingerprint density at radius 2 is 1.71 bits per heavy atom. The first-order valence-corrected chi connectivity index (χ1v) is 11.2. The average Bonchev–Trinajstić information content (AvgIpc) is 3.09. The summed E-state index contributed by atoms with van der Waals surface area (Å²) in [5.41, 5.74) is 4.10. The summed E-state index contributed by atoms with van der Waals surface area (Å²) in [6.07, 6.45) is 1.67. The van der Waals surface area contributed by atoms with Gasteiger partial charge in [0.05, 0.1) is 23.9 Å². The molecule has 0 bridgehead atoms. The van der Waals surface area contributed by atoms with Crippen molar-refractivity contribution in [1.29, 1.82) is 0 Å². The number of halogens is 1. The van der Waals surface area contributed by atoms with Gasteiger partial charge in [0.2, 0.25) is 0 Å². The van der Waals surface area contributed by atoms with Gasteiger partial charge in [-0.25, -0.2) is 4.79 Å². The lowest BCUT2D eigenvalue weighted by molar-refractivity contribution is -0.136. The van der Waals surface area contributed by atoms with Crippen molar-refractivity contribution in [2.45, 2.75) is 20.5 Å². The fourth-order valence-corrected chi connectivity index (χ4v) is 4.01. The predicted octanol–water partition coefficient (Wildman–Crippen LogP) is 6.10. The number of methoxy groups -OCH3 is 1. The number of nitrogens with zero attached hydrogens (tertiary/aromatic N) is 1. The van der Waals surface area contributed by atoms with Gasteiger partial charge in [-0.1, -0.05) is 66.2 Å². The van der Waals surface area contributed by atoms with Crippen LogP contribution in [0, 0.1) is 6.92 Å². The molecule has 0 aromatic heterocycles. The lowest BCUT2D eigenvalue weighted by Gasteiger charge is -2.18. The van der Waals surface area contributed by atoms with Gasteiger partial charge in [0.15, 0.2) is 0 Å². The number of esters is 1. The van der Waals surface area contributed by atoms with Crippen LogP contribution >= 0.6 is 11.6 Å². The summed E-state index contributed by atoms with van der Waals surface area (Å²) in [7, 11) is 1.30. The van der Waals surface area contributed by atoms with Gasteiger partial charge in [0, 0.05) is 16.3 Å². The Morgan fingerprint density at radius 1 is 1.00 bits per heavy atom. The van der Waals surface area contributed by atoms with Gasteiger partial charge < -0.3 is 9.47 Å².